The number of alkyl halides is 2. The fourth-order valence-corrected chi connectivity index (χ4v) is 3.16. The first-order chi connectivity index (χ1) is 15.7. The van der Waals surface area contributed by atoms with Gasteiger partial charge < -0.3 is 16.0 Å². The Labute approximate surface area is 192 Å². The lowest BCUT2D eigenvalue weighted by Crippen LogP contribution is -2.69. The third-order valence-corrected chi connectivity index (χ3v) is 5.14. The van der Waals surface area contributed by atoms with Crippen LogP contribution in [0.5, 0.6) is 0 Å². The summed E-state index contributed by atoms with van der Waals surface area (Å²) in [5.41, 5.74) is 0.141. The fraction of sp³-hybridized carbons (Fsp3) is 0.227. The number of rotatable bonds is 6. The Bertz CT molecular complexity index is 1120. The number of carbonyl (C=O) groups excluding carboxylic acids is 3. The van der Waals surface area contributed by atoms with E-state index in [9.17, 15) is 23.2 Å². The first-order valence-corrected chi connectivity index (χ1v) is 10.3. The van der Waals surface area contributed by atoms with Crippen molar-refractivity contribution in [1.82, 2.24) is 21.4 Å². The van der Waals surface area contributed by atoms with Crippen LogP contribution >= 0.6 is 11.3 Å². The van der Waals surface area contributed by atoms with Crippen molar-refractivity contribution in [2.45, 2.75) is 24.9 Å². The zero-order valence-corrected chi connectivity index (χ0v) is 18.3. The van der Waals surface area contributed by atoms with Crippen molar-refractivity contribution >= 4 is 29.2 Å². The summed E-state index contributed by atoms with van der Waals surface area (Å²) in [5, 5.41) is 18.9. The second kappa shape index (κ2) is 11.6. The highest BCUT2D eigenvalue weighted by atomic mass is 32.1. The Balaban J connectivity index is 2.19. The maximum atomic E-state index is 13.8. The third kappa shape index (κ3) is 6.77. The van der Waals surface area contributed by atoms with Crippen molar-refractivity contribution in [2.24, 2.45) is 0 Å². The molecule has 4 amide bonds. The van der Waals surface area contributed by atoms with Crippen molar-refractivity contribution in [2.75, 3.05) is 7.05 Å². The zero-order valence-electron chi connectivity index (χ0n) is 17.5. The van der Waals surface area contributed by atoms with Gasteiger partial charge in [-0.1, -0.05) is 11.8 Å². The van der Waals surface area contributed by atoms with Gasteiger partial charge in [0.1, 0.15) is 11.6 Å². The van der Waals surface area contributed by atoms with Crippen LogP contribution in [0.15, 0.2) is 41.1 Å². The van der Waals surface area contributed by atoms with E-state index in [0.717, 1.165) is 12.5 Å². The van der Waals surface area contributed by atoms with E-state index in [2.05, 4.69) is 34.3 Å². The minimum atomic E-state index is -3.27. The Kier molecular flexibility index (Phi) is 8.92. The van der Waals surface area contributed by atoms with E-state index in [-0.39, 0.29) is 5.56 Å². The van der Waals surface area contributed by atoms with Crippen molar-refractivity contribution in [3.05, 3.63) is 57.8 Å². The first kappa shape index (κ1) is 25.3. The summed E-state index contributed by atoms with van der Waals surface area (Å²) in [7, 11) is 1.19. The largest absolute Gasteiger partial charge is 0.341 e. The smallest absolute Gasteiger partial charge is 0.315 e. The molecule has 2 rings (SSSR count). The van der Waals surface area contributed by atoms with Crippen LogP contribution in [0.1, 0.15) is 28.4 Å². The molecule has 11 heteroatoms. The van der Waals surface area contributed by atoms with Crippen LogP contribution in [0.25, 0.3) is 0 Å². The minimum Gasteiger partial charge on any atom is -0.341 e. The minimum absolute atomic E-state index is 0.0391. The molecule has 0 saturated carbocycles. The predicted molar refractivity (Wildman–Crippen MR) is 118 cm³/mol. The number of benzene rings is 1. The standard InChI is InChI=1S/C22H20F2N4O4S/c1-22(20(23)24,27-21(31)25-2)17(19(30)28-32)26-18(29)16-9-7-14(8-10-16)5-3-4-6-15-11-12-33-13-15/h7-13,17,20,32H,1-2H3,(H,26,29)(H,28,30)(H2,25,27,31)/t17-,22?/m1/s1. The van der Waals surface area contributed by atoms with Gasteiger partial charge in [0.2, 0.25) is 0 Å². The average molecular weight is 474 g/mol. The number of carbonyl (C=O) groups is 3. The molecule has 0 aliphatic carbocycles. The molecular formula is C22H20F2N4O4S. The molecule has 1 heterocycles. The molecule has 172 valence electrons. The molecule has 8 nitrogen and oxygen atoms in total. The van der Waals surface area contributed by atoms with Gasteiger partial charge in [-0.05, 0) is 54.5 Å². The SMILES string of the molecule is CNC(=O)NC(C)(C(F)F)[C@H](NC(=O)c1ccc(C#CC#Cc2ccsc2)cc1)C(=O)NO. The zero-order chi connectivity index (χ0) is 24.4. The number of amides is 4. The number of halogens is 2. The van der Waals surface area contributed by atoms with Gasteiger partial charge in [0.15, 0.2) is 0 Å². The second-order valence-corrected chi connectivity index (χ2v) is 7.54. The van der Waals surface area contributed by atoms with Crippen LogP contribution in [0.4, 0.5) is 13.6 Å². The highest BCUT2D eigenvalue weighted by Gasteiger charge is 2.48. The van der Waals surface area contributed by atoms with Crippen molar-refractivity contribution < 1.29 is 28.4 Å². The molecule has 0 aliphatic heterocycles. The van der Waals surface area contributed by atoms with Crippen LogP contribution in [-0.4, -0.2) is 48.1 Å². The van der Waals surface area contributed by atoms with Gasteiger partial charge in [0.05, 0.1) is 0 Å². The van der Waals surface area contributed by atoms with Gasteiger partial charge in [-0.15, -0.1) is 0 Å². The summed E-state index contributed by atoms with van der Waals surface area (Å²) >= 11 is 1.52. The molecule has 1 aromatic heterocycles. The molecule has 0 fully saturated rings. The second-order valence-electron chi connectivity index (χ2n) is 6.76. The molecule has 0 bridgehead atoms. The Morgan fingerprint density at radius 2 is 1.70 bits per heavy atom. The van der Waals surface area contributed by atoms with Gasteiger partial charge in [-0.2, -0.15) is 11.3 Å². The molecule has 1 unspecified atom stereocenters. The van der Waals surface area contributed by atoms with Crippen LogP contribution in [0, 0.1) is 23.7 Å². The normalized spacial score (nSPS) is 12.7. The Morgan fingerprint density at radius 3 is 2.21 bits per heavy atom. The van der Waals surface area contributed by atoms with Crippen molar-refractivity contribution in [1.29, 1.82) is 0 Å². The fourth-order valence-electron chi connectivity index (χ4n) is 2.57. The van der Waals surface area contributed by atoms with Gasteiger partial charge in [-0.3, -0.25) is 14.8 Å². The average Bonchev–Trinajstić information content (AvgIpc) is 3.33. The van der Waals surface area contributed by atoms with Crippen LogP contribution in [0.2, 0.25) is 0 Å². The van der Waals surface area contributed by atoms with Crippen molar-refractivity contribution in [3.8, 4) is 23.7 Å². The Morgan fingerprint density at radius 1 is 1.06 bits per heavy atom. The van der Waals surface area contributed by atoms with Crippen LogP contribution in [0.3, 0.4) is 0 Å². The Hall–Kier alpha value is -3.93. The molecule has 1 aromatic carbocycles. The monoisotopic (exact) mass is 474 g/mol. The summed E-state index contributed by atoms with van der Waals surface area (Å²) in [6.45, 7) is 0.864. The number of hydrogen-bond donors (Lipinski definition) is 5. The van der Waals surface area contributed by atoms with Gasteiger partial charge in [-0.25, -0.2) is 19.1 Å². The van der Waals surface area contributed by atoms with E-state index in [4.69, 9.17) is 5.21 Å². The summed E-state index contributed by atoms with van der Waals surface area (Å²) in [6, 6.07) is 4.65. The lowest BCUT2D eigenvalue weighted by molar-refractivity contribution is -0.135. The molecular weight excluding hydrogens is 454 g/mol. The third-order valence-electron chi connectivity index (χ3n) is 4.46. The van der Waals surface area contributed by atoms with E-state index in [0.29, 0.717) is 5.56 Å². The maximum absolute atomic E-state index is 13.8. The van der Waals surface area contributed by atoms with E-state index in [1.54, 1.807) is 0 Å². The lowest BCUT2D eigenvalue weighted by atomic mass is 9.91. The molecule has 2 atom stereocenters. The van der Waals surface area contributed by atoms with E-state index >= 15 is 0 Å². The summed E-state index contributed by atoms with van der Waals surface area (Å²) in [4.78, 5) is 36.3. The van der Waals surface area contributed by atoms with Gasteiger partial charge in [0.25, 0.3) is 18.2 Å². The van der Waals surface area contributed by atoms with Gasteiger partial charge in [0, 0.05) is 29.1 Å². The predicted octanol–water partition coefficient (Wildman–Crippen LogP) is 1.71. The maximum Gasteiger partial charge on any atom is 0.315 e. The number of hydroxylamine groups is 1. The summed E-state index contributed by atoms with van der Waals surface area (Å²) < 4.78 is 27.6. The highest BCUT2D eigenvalue weighted by Crippen LogP contribution is 2.21. The lowest BCUT2D eigenvalue weighted by Gasteiger charge is -2.36. The number of thiophene rings is 1. The molecule has 5 N–H and O–H groups in total. The van der Waals surface area contributed by atoms with Gasteiger partial charge >= 0.3 is 6.03 Å². The molecule has 0 radical (unpaired) electrons. The quantitative estimate of drug-likeness (QED) is 0.249. The van der Waals surface area contributed by atoms with E-state index in [1.807, 2.05) is 22.1 Å². The number of hydrogen-bond acceptors (Lipinski definition) is 5. The van der Waals surface area contributed by atoms with Crippen molar-refractivity contribution in [3.63, 3.8) is 0 Å². The van der Waals surface area contributed by atoms with E-state index < -0.39 is 35.9 Å². The number of nitrogens with one attached hydrogen (secondary N) is 4. The topological polar surface area (TPSA) is 120 Å². The van der Waals surface area contributed by atoms with Crippen LogP contribution < -0.4 is 21.4 Å². The number of urea groups is 1. The summed E-state index contributed by atoms with van der Waals surface area (Å²) in [6.07, 6.45) is -3.27. The molecule has 0 saturated heterocycles. The van der Waals surface area contributed by atoms with E-state index in [1.165, 1.54) is 48.1 Å². The molecule has 2 aromatic rings. The van der Waals surface area contributed by atoms with Crippen LogP contribution in [-0.2, 0) is 4.79 Å². The highest BCUT2D eigenvalue weighted by molar-refractivity contribution is 7.08. The molecule has 0 spiro atoms. The molecule has 0 aliphatic rings. The summed E-state index contributed by atoms with van der Waals surface area (Å²) in [5.74, 6) is 8.84. The first-order valence-electron chi connectivity index (χ1n) is 9.38. The molecule has 33 heavy (non-hydrogen) atoms.